The molecule has 216 valence electrons. The molecular formula is C29H40O10. The summed E-state index contributed by atoms with van der Waals surface area (Å²) in [6.07, 6.45) is 2.23. The number of esters is 1. The molecule has 10 heteroatoms. The quantitative estimate of drug-likeness (QED) is 0.223. The zero-order valence-corrected chi connectivity index (χ0v) is 22.5. The minimum Gasteiger partial charge on any atom is -0.458 e. The molecule has 7 aliphatic rings. The van der Waals surface area contributed by atoms with Gasteiger partial charge in [-0.1, -0.05) is 6.92 Å². The molecule has 0 aromatic carbocycles. The van der Waals surface area contributed by atoms with E-state index in [9.17, 15) is 30.0 Å². The van der Waals surface area contributed by atoms with Crippen molar-refractivity contribution in [2.24, 2.45) is 34.5 Å². The van der Waals surface area contributed by atoms with Gasteiger partial charge in [-0.15, -0.1) is 0 Å². The molecule has 4 saturated carbocycles. The molecule has 7 rings (SSSR count). The summed E-state index contributed by atoms with van der Waals surface area (Å²) in [5, 5.41) is 45.6. The summed E-state index contributed by atoms with van der Waals surface area (Å²) in [6.45, 7) is 3.97. The third-order valence-corrected chi connectivity index (χ3v) is 12.1. The highest BCUT2D eigenvalue weighted by atomic mass is 16.8. The number of fused-ring (bicyclic) bond motifs is 7. The van der Waals surface area contributed by atoms with Crippen molar-refractivity contribution in [2.45, 2.75) is 113 Å². The van der Waals surface area contributed by atoms with Gasteiger partial charge in [-0.3, -0.25) is 0 Å². The average molecular weight is 549 g/mol. The van der Waals surface area contributed by atoms with Crippen molar-refractivity contribution in [3.8, 4) is 0 Å². The van der Waals surface area contributed by atoms with Crippen LogP contribution in [0.3, 0.4) is 0 Å². The summed E-state index contributed by atoms with van der Waals surface area (Å²) in [5.41, 5.74) is -1.91. The molecule has 2 saturated heterocycles. The van der Waals surface area contributed by atoms with Crippen molar-refractivity contribution in [3.05, 3.63) is 11.6 Å². The Morgan fingerprint density at radius 2 is 1.82 bits per heavy atom. The van der Waals surface area contributed by atoms with E-state index in [4.69, 9.17) is 18.9 Å². The lowest BCUT2D eigenvalue weighted by molar-refractivity contribution is -0.457. The molecule has 4 N–H and O–H groups in total. The van der Waals surface area contributed by atoms with Crippen LogP contribution in [-0.4, -0.2) is 87.5 Å². The number of aliphatic hydroxyl groups excluding tert-OH is 2. The van der Waals surface area contributed by atoms with Crippen LogP contribution < -0.4 is 0 Å². The average Bonchev–Trinajstić information content (AvgIpc) is 3.38. The fourth-order valence-corrected chi connectivity index (χ4v) is 10.3. The standard InChI is InChI=1S/C29H40O10/c1-14-7-22(32)29(35)25(37-14)38-20-9-16-3-4-18-17(27(16,13-30)11-21(20)39-29)5-6-26(2)24(15-8-23(33)36-12-15)19(31)10-28(18,26)34/h8,13-14,16-22,24-25,31-32,34-35H,3-7,9-12H2,1-2H3/t14-,16?,17?,18-,19-,20-,21-,22-,24+,25?,26-,27-,28+,29+/m1/s1. The van der Waals surface area contributed by atoms with Gasteiger partial charge in [0.15, 0.2) is 0 Å². The Bertz CT molecular complexity index is 1090. The normalized spacial score (nSPS) is 58.2. The van der Waals surface area contributed by atoms with Gasteiger partial charge < -0.3 is 44.2 Å². The second kappa shape index (κ2) is 8.56. The fourth-order valence-electron chi connectivity index (χ4n) is 10.3. The molecule has 0 bridgehead atoms. The summed E-state index contributed by atoms with van der Waals surface area (Å²) in [4.78, 5) is 25.0. The van der Waals surface area contributed by atoms with E-state index in [1.807, 2.05) is 13.8 Å². The van der Waals surface area contributed by atoms with Gasteiger partial charge in [0.2, 0.25) is 12.1 Å². The van der Waals surface area contributed by atoms with Crippen molar-refractivity contribution in [1.82, 2.24) is 0 Å². The number of hydrogen-bond acceptors (Lipinski definition) is 10. The monoisotopic (exact) mass is 548 g/mol. The number of ether oxygens (including phenoxy) is 4. The SMILES string of the molecule is C[C@@H]1C[C@@H](O)[C@]2(O)O[C@@H]3C[C@@]4(C=O)C(CC[C@@H]5C4CC[C@]4(C)[C@@H](C6=CC(=O)OC6)[C@H](O)C[C@]54O)C[C@H]3OC2O1. The minimum absolute atomic E-state index is 0.0249. The zero-order valence-electron chi connectivity index (χ0n) is 22.5. The van der Waals surface area contributed by atoms with E-state index in [0.29, 0.717) is 25.7 Å². The Morgan fingerprint density at radius 3 is 2.54 bits per heavy atom. The van der Waals surface area contributed by atoms with Gasteiger partial charge in [-0.25, -0.2) is 4.79 Å². The predicted molar refractivity (Wildman–Crippen MR) is 133 cm³/mol. The van der Waals surface area contributed by atoms with Gasteiger partial charge in [0.25, 0.3) is 0 Å². The van der Waals surface area contributed by atoms with Crippen molar-refractivity contribution in [1.29, 1.82) is 0 Å². The predicted octanol–water partition coefficient (Wildman–Crippen LogP) is 0.971. The first kappa shape index (κ1) is 26.5. The zero-order chi connectivity index (χ0) is 27.5. The van der Waals surface area contributed by atoms with Crippen LogP contribution in [0.2, 0.25) is 0 Å². The molecule has 0 amide bonds. The second-order valence-electron chi connectivity index (χ2n) is 13.7. The molecule has 3 unspecified atom stereocenters. The molecule has 3 heterocycles. The summed E-state index contributed by atoms with van der Waals surface area (Å²) in [7, 11) is 0. The van der Waals surface area contributed by atoms with Crippen molar-refractivity contribution in [3.63, 3.8) is 0 Å². The first-order valence-electron chi connectivity index (χ1n) is 14.6. The molecule has 0 radical (unpaired) electrons. The van der Waals surface area contributed by atoms with Gasteiger partial charge in [0, 0.05) is 35.7 Å². The van der Waals surface area contributed by atoms with E-state index in [2.05, 4.69) is 0 Å². The van der Waals surface area contributed by atoms with Crippen LogP contribution in [0.25, 0.3) is 0 Å². The number of aldehydes is 1. The Balaban J connectivity index is 1.20. The smallest absolute Gasteiger partial charge is 0.331 e. The van der Waals surface area contributed by atoms with E-state index in [0.717, 1.165) is 24.7 Å². The number of rotatable bonds is 2. The van der Waals surface area contributed by atoms with Crippen LogP contribution in [0, 0.1) is 34.5 Å². The number of hydrogen-bond donors (Lipinski definition) is 4. The highest BCUT2D eigenvalue weighted by molar-refractivity contribution is 5.85. The van der Waals surface area contributed by atoms with Crippen LogP contribution in [0.4, 0.5) is 0 Å². The van der Waals surface area contributed by atoms with Gasteiger partial charge in [-0.2, -0.15) is 0 Å². The number of cyclic esters (lactones) is 1. The maximum Gasteiger partial charge on any atom is 0.331 e. The van der Waals surface area contributed by atoms with Gasteiger partial charge in [0.05, 0.1) is 30.0 Å². The molecule has 6 fully saturated rings. The lowest BCUT2D eigenvalue weighted by Gasteiger charge is -2.64. The highest BCUT2D eigenvalue weighted by Crippen LogP contribution is 2.70. The molecule has 39 heavy (non-hydrogen) atoms. The number of carbonyl (C=O) groups excluding carboxylic acids is 2. The van der Waals surface area contributed by atoms with Crippen LogP contribution in [0.5, 0.6) is 0 Å². The lowest BCUT2D eigenvalue weighted by Crippen LogP contribution is -2.71. The summed E-state index contributed by atoms with van der Waals surface area (Å²) in [5.74, 6) is -3.11. The summed E-state index contributed by atoms with van der Waals surface area (Å²) in [6, 6.07) is 0. The Hall–Kier alpha value is -1.40. The first-order chi connectivity index (χ1) is 18.4. The fraction of sp³-hybridized carbons (Fsp3) is 0.862. The molecule has 10 nitrogen and oxygen atoms in total. The van der Waals surface area contributed by atoms with Crippen LogP contribution in [0.15, 0.2) is 11.6 Å². The summed E-state index contributed by atoms with van der Waals surface area (Å²) >= 11 is 0. The molecule has 4 aliphatic carbocycles. The molecule has 14 atom stereocenters. The van der Waals surface area contributed by atoms with E-state index >= 15 is 0 Å². The maximum atomic E-state index is 13.1. The van der Waals surface area contributed by atoms with E-state index in [1.165, 1.54) is 6.08 Å². The molecule has 0 aromatic heterocycles. The minimum atomic E-state index is -2.00. The van der Waals surface area contributed by atoms with E-state index < -0.39 is 52.8 Å². The Labute approximate surface area is 227 Å². The van der Waals surface area contributed by atoms with Crippen molar-refractivity contribution >= 4 is 12.3 Å². The molecular weight excluding hydrogens is 508 g/mol. The van der Waals surface area contributed by atoms with E-state index in [1.54, 1.807) is 0 Å². The topological polar surface area (TPSA) is 152 Å². The number of carbonyl (C=O) groups is 2. The van der Waals surface area contributed by atoms with Crippen molar-refractivity contribution in [2.75, 3.05) is 6.61 Å². The van der Waals surface area contributed by atoms with Gasteiger partial charge >= 0.3 is 5.97 Å². The molecule has 3 aliphatic heterocycles. The van der Waals surface area contributed by atoms with Crippen LogP contribution >= 0.6 is 0 Å². The largest absolute Gasteiger partial charge is 0.458 e. The van der Waals surface area contributed by atoms with Gasteiger partial charge in [-0.05, 0) is 68.8 Å². The second-order valence-corrected chi connectivity index (χ2v) is 13.7. The van der Waals surface area contributed by atoms with Crippen LogP contribution in [0.1, 0.15) is 65.2 Å². The first-order valence-corrected chi connectivity index (χ1v) is 14.6. The lowest BCUT2D eigenvalue weighted by atomic mass is 9.42. The third-order valence-electron chi connectivity index (χ3n) is 12.1. The molecule has 0 aromatic rings. The van der Waals surface area contributed by atoms with Crippen LogP contribution in [-0.2, 0) is 28.5 Å². The maximum absolute atomic E-state index is 13.1. The van der Waals surface area contributed by atoms with Gasteiger partial charge in [0.1, 0.15) is 19.0 Å². The highest BCUT2D eigenvalue weighted by Gasteiger charge is 2.72. The summed E-state index contributed by atoms with van der Waals surface area (Å²) < 4.78 is 23.4. The third kappa shape index (κ3) is 3.40. The Morgan fingerprint density at radius 1 is 1.03 bits per heavy atom. The number of aliphatic hydroxyl groups is 4. The Kier molecular flexibility index (Phi) is 5.82. The molecule has 0 spiro atoms. The van der Waals surface area contributed by atoms with Crippen molar-refractivity contribution < 1.29 is 49.0 Å². The van der Waals surface area contributed by atoms with E-state index in [-0.39, 0.29) is 55.3 Å².